The van der Waals surface area contributed by atoms with Crippen LogP contribution in [0.25, 0.3) is 0 Å². The highest BCUT2D eigenvalue weighted by Crippen LogP contribution is 2.15. The van der Waals surface area contributed by atoms with Gasteiger partial charge in [0.25, 0.3) is 0 Å². The molecule has 0 spiro atoms. The summed E-state index contributed by atoms with van der Waals surface area (Å²) in [6.45, 7) is 1.68. The van der Waals surface area contributed by atoms with Crippen molar-refractivity contribution < 1.29 is 19.0 Å². The maximum atomic E-state index is 13.1. The zero-order valence-electron chi connectivity index (χ0n) is 10.7. The average molecular weight is 267 g/mol. The lowest BCUT2D eigenvalue weighted by Gasteiger charge is -2.23. The van der Waals surface area contributed by atoms with E-state index in [-0.39, 0.29) is 18.5 Å². The number of aliphatic carboxylic acids is 1. The Morgan fingerprint density at radius 1 is 1.53 bits per heavy atom. The normalized spacial score (nSPS) is 18.9. The molecule has 1 aromatic carbocycles. The maximum Gasteiger partial charge on any atom is 0.317 e. The smallest absolute Gasteiger partial charge is 0.317 e. The van der Waals surface area contributed by atoms with Gasteiger partial charge in [-0.15, -0.1) is 0 Å². The first-order valence-electron chi connectivity index (χ1n) is 6.43. The third-order valence-corrected chi connectivity index (χ3v) is 3.14. The molecule has 1 heterocycles. The minimum atomic E-state index is -0.880. The van der Waals surface area contributed by atoms with Gasteiger partial charge in [-0.25, -0.2) is 4.39 Å². The van der Waals surface area contributed by atoms with Gasteiger partial charge in [0.05, 0.1) is 12.6 Å². The Kier molecular flexibility index (Phi) is 4.87. The molecule has 4 nitrogen and oxygen atoms in total. The summed E-state index contributed by atoms with van der Waals surface area (Å²) >= 11 is 0. The maximum absolute atomic E-state index is 13.1. The lowest BCUT2D eigenvalue weighted by Crippen LogP contribution is -2.35. The molecular formula is C14H18FNO3. The molecule has 1 aromatic rings. The van der Waals surface area contributed by atoms with Gasteiger partial charge in [0.15, 0.2) is 0 Å². The van der Waals surface area contributed by atoms with E-state index in [0.29, 0.717) is 13.1 Å². The molecule has 19 heavy (non-hydrogen) atoms. The quantitative estimate of drug-likeness (QED) is 0.855. The molecule has 0 bridgehead atoms. The van der Waals surface area contributed by atoms with E-state index in [0.717, 1.165) is 25.0 Å². The molecule has 1 atom stereocenters. The molecule has 1 N–H and O–H groups in total. The van der Waals surface area contributed by atoms with Crippen molar-refractivity contribution in [3.05, 3.63) is 35.6 Å². The second-order valence-corrected chi connectivity index (χ2v) is 4.83. The summed E-state index contributed by atoms with van der Waals surface area (Å²) in [5.74, 6) is -1.18. The molecule has 0 radical (unpaired) electrons. The van der Waals surface area contributed by atoms with Crippen LogP contribution in [0.15, 0.2) is 24.3 Å². The fraction of sp³-hybridized carbons (Fsp3) is 0.500. The molecular weight excluding hydrogens is 249 g/mol. The average Bonchev–Trinajstić information content (AvgIpc) is 2.80. The van der Waals surface area contributed by atoms with Crippen LogP contribution in [0.1, 0.15) is 18.4 Å². The van der Waals surface area contributed by atoms with Gasteiger partial charge in [-0.1, -0.05) is 12.1 Å². The largest absolute Gasteiger partial charge is 0.480 e. The van der Waals surface area contributed by atoms with E-state index in [1.807, 2.05) is 0 Å². The SMILES string of the molecule is O=C(O)CN(Cc1cccc(F)c1)CC1CCCO1. The van der Waals surface area contributed by atoms with Crippen LogP contribution in [0.3, 0.4) is 0 Å². The van der Waals surface area contributed by atoms with Crippen molar-refractivity contribution in [3.8, 4) is 0 Å². The van der Waals surface area contributed by atoms with Crippen LogP contribution < -0.4 is 0 Å². The van der Waals surface area contributed by atoms with Crippen LogP contribution in [-0.2, 0) is 16.1 Å². The Labute approximate surface area is 111 Å². The minimum absolute atomic E-state index is 0.0592. The number of carboxylic acid groups (broad SMARTS) is 1. The van der Waals surface area contributed by atoms with Gasteiger partial charge in [-0.05, 0) is 30.5 Å². The molecule has 2 rings (SSSR count). The first-order valence-corrected chi connectivity index (χ1v) is 6.43. The zero-order valence-corrected chi connectivity index (χ0v) is 10.7. The monoisotopic (exact) mass is 267 g/mol. The minimum Gasteiger partial charge on any atom is -0.480 e. The van der Waals surface area contributed by atoms with Crippen molar-refractivity contribution in [1.29, 1.82) is 0 Å². The van der Waals surface area contributed by atoms with Crippen LogP contribution in [0.5, 0.6) is 0 Å². The zero-order chi connectivity index (χ0) is 13.7. The van der Waals surface area contributed by atoms with Crippen molar-refractivity contribution in [3.63, 3.8) is 0 Å². The van der Waals surface area contributed by atoms with E-state index >= 15 is 0 Å². The molecule has 0 saturated carbocycles. The second kappa shape index (κ2) is 6.63. The van der Waals surface area contributed by atoms with Crippen molar-refractivity contribution in [2.24, 2.45) is 0 Å². The number of ether oxygens (including phenoxy) is 1. The number of hydrogen-bond acceptors (Lipinski definition) is 3. The number of halogens is 1. The summed E-state index contributed by atoms with van der Waals surface area (Å²) in [5.41, 5.74) is 0.777. The third-order valence-electron chi connectivity index (χ3n) is 3.14. The molecule has 1 unspecified atom stereocenters. The Morgan fingerprint density at radius 3 is 3.00 bits per heavy atom. The van der Waals surface area contributed by atoms with E-state index in [2.05, 4.69) is 0 Å². The highest BCUT2D eigenvalue weighted by Gasteiger charge is 2.20. The summed E-state index contributed by atoms with van der Waals surface area (Å²) in [6.07, 6.45) is 2.07. The fourth-order valence-corrected chi connectivity index (χ4v) is 2.35. The van der Waals surface area contributed by atoms with E-state index in [4.69, 9.17) is 9.84 Å². The number of nitrogens with zero attached hydrogens (tertiary/aromatic N) is 1. The standard InChI is InChI=1S/C14H18FNO3/c15-12-4-1-3-11(7-12)8-16(10-14(17)18)9-13-5-2-6-19-13/h1,3-4,7,13H,2,5-6,8-10H2,(H,17,18). The fourth-order valence-electron chi connectivity index (χ4n) is 2.35. The summed E-state index contributed by atoms with van der Waals surface area (Å²) in [7, 11) is 0. The highest BCUT2D eigenvalue weighted by atomic mass is 19.1. The van der Waals surface area contributed by atoms with Crippen LogP contribution in [0, 0.1) is 5.82 Å². The van der Waals surface area contributed by atoms with Crippen LogP contribution >= 0.6 is 0 Å². The number of rotatable bonds is 6. The van der Waals surface area contributed by atoms with E-state index < -0.39 is 5.97 Å². The van der Waals surface area contributed by atoms with Crippen molar-refractivity contribution in [2.45, 2.75) is 25.5 Å². The number of carboxylic acids is 1. The van der Waals surface area contributed by atoms with Crippen molar-refractivity contribution >= 4 is 5.97 Å². The summed E-state index contributed by atoms with van der Waals surface area (Å²) < 4.78 is 18.6. The van der Waals surface area contributed by atoms with Crippen molar-refractivity contribution in [1.82, 2.24) is 4.90 Å². The molecule has 0 aliphatic carbocycles. The van der Waals surface area contributed by atoms with Gasteiger partial charge in [-0.2, -0.15) is 0 Å². The second-order valence-electron chi connectivity index (χ2n) is 4.83. The molecule has 0 amide bonds. The predicted molar refractivity (Wildman–Crippen MR) is 68.3 cm³/mol. The summed E-state index contributed by atoms with van der Waals surface area (Å²) in [5, 5.41) is 8.93. The van der Waals surface area contributed by atoms with Crippen LogP contribution in [-0.4, -0.2) is 41.8 Å². The molecule has 1 aliphatic heterocycles. The molecule has 1 saturated heterocycles. The third kappa shape index (κ3) is 4.61. The molecule has 1 aliphatic rings. The number of carbonyl (C=O) groups is 1. The Bertz CT molecular complexity index is 432. The van der Waals surface area contributed by atoms with Crippen LogP contribution in [0.2, 0.25) is 0 Å². The van der Waals surface area contributed by atoms with E-state index in [9.17, 15) is 9.18 Å². The lowest BCUT2D eigenvalue weighted by atomic mass is 10.2. The summed E-state index contributed by atoms with van der Waals surface area (Å²) in [6, 6.07) is 6.25. The topological polar surface area (TPSA) is 49.8 Å². The van der Waals surface area contributed by atoms with Gasteiger partial charge < -0.3 is 9.84 Å². The Balaban J connectivity index is 1.98. The Hall–Kier alpha value is -1.46. The summed E-state index contributed by atoms with van der Waals surface area (Å²) in [4.78, 5) is 12.7. The van der Waals surface area contributed by atoms with Gasteiger partial charge >= 0.3 is 5.97 Å². The number of hydrogen-bond donors (Lipinski definition) is 1. The van der Waals surface area contributed by atoms with Gasteiger partial charge in [0.1, 0.15) is 5.82 Å². The number of benzene rings is 1. The lowest BCUT2D eigenvalue weighted by molar-refractivity contribution is -0.138. The van der Waals surface area contributed by atoms with E-state index in [1.54, 1.807) is 17.0 Å². The molecule has 0 aromatic heterocycles. The van der Waals surface area contributed by atoms with Crippen molar-refractivity contribution in [2.75, 3.05) is 19.7 Å². The first-order chi connectivity index (χ1) is 9.13. The predicted octanol–water partition coefficient (Wildman–Crippen LogP) is 1.89. The molecule has 104 valence electrons. The Morgan fingerprint density at radius 2 is 2.37 bits per heavy atom. The first kappa shape index (κ1) is 14.0. The van der Waals surface area contributed by atoms with Gasteiger partial charge in [-0.3, -0.25) is 9.69 Å². The van der Waals surface area contributed by atoms with E-state index in [1.165, 1.54) is 12.1 Å². The molecule has 1 fully saturated rings. The highest BCUT2D eigenvalue weighted by molar-refractivity contribution is 5.69. The van der Waals surface area contributed by atoms with Gasteiger partial charge in [0.2, 0.25) is 0 Å². The van der Waals surface area contributed by atoms with Crippen LogP contribution in [0.4, 0.5) is 4.39 Å². The molecule has 5 heteroatoms. The van der Waals surface area contributed by atoms with Gasteiger partial charge in [0, 0.05) is 19.7 Å².